The molecule has 160 valence electrons. The Balaban J connectivity index is 1.70. The topological polar surface area (TPSA) is 93.8 Å². The molecule has 0 spiro atoms. The van der Waals surface area contributed by atoms with Crippen LogP contribution in [0.15, 0.2) is 56.8 Å². The molecule has 7 nitrogen and oxygen atoms in total. The van der Waals surface area contributed by atoms with Crippen molar-refractivity contribution < 1.29 is 14.6 Å². The number of fused-ring (bicyclic) bond motifs is 1. The Kier molecular flexibility index (Phi) is 6.46. The van der Waals surface area contributed by atoms with Crippen LogP contribution < -0.4 is 10.3 Å². The van der Waals surface area contributed by atoms with Crippen molar-refractivity contribution in [1.82, 2.24) is 9.66 Å². The van der Waals surface area contributed by atoms with Gasteiger partial charge in [-0.2, -0.15) is 9.78 Å². The van der Waals surface area contributed by atoms with Crippen LogP contribution in [0, 0.1) is 0 Å². The lowest BCUT2D eigenvalue weighted by Crippen LogP contribution is -2.25. The van der Waals surface area contributed by atoms with Crippen molar-refractivity contribution >= 4 is 39.0 Å². The minimum atomic E-state index is -1.05. The Morgan fingerprint density at radius 3 is 2.74 bits per heavy atom. The molecule has 1 heterocycles. The van der Waals surface area contributed by atoms with Crippen LogP contribution in [0.5, 0.6) is 5.75 Å². The zero-order valence-corrected chi connectivity index (χ0v) is 18.4. The molecular weight excluding hydrogens is 462 g/mol. The van der Waals surface area contributed by atoms with E-state index in [0.717, 1.165) is 31.2 Å². The van der Waals surface area contributed by atoms with Gasteiger partial charge in [-0.3, -0.25) is 4.79 Å². The SMILES string of the molecule is O=C(O)COc1ccc(C=Nn2c(C3CCCCC3)nc3ccccc3c2=O)cc1Br. The van der Waals surface area contributed by atoms with Crippen molar-refractivity contribution in [1.29, 1.82) is 0 Å². The predicted octanol–water partition coefficient (Wildman–Crippen LogP) is 4.55. The molecule has 0 unspecified atom stereocenters. The van der Waals surface area contributed by atoms with Gasteiger partial charge in [-0.15, -0.1) is 0 Å². The highest BCUT2D eigenvalue weighted by Crippen LogP contribution is 2.32. The van der Waals surface area contributed by atoms with Gasteiger partial charge in [0.1, 0.15) is 11.6 Å². The number of rotatable bonds is 6. The first-order valence-corrected chi connectivity index (χ1v) is 11.0. The lowest BCUT2D eigenvalue weighted by atomic mass is 9.88. The van der Waals surface area contributed by atoms with Crippen molar-refractivity contribution in [2.24, 2.45) is 5.10 Å². The third kappa shape index (κ3) is 4.85. The molecule has 1 aromatic heterocycles. The van der Waals surface area contributed by atoms with Crippen molar-refractivity contribution in [3.8, 4) is 5.75 Å². The Hall–Kier alpha value is -3.00. The normalized spacial score (nSPS) is 14.9. The third-order valence-corrected chi connectivity index (χ3v) is 6.00. The molecule has 4 rings (SSSR count). The van der Waals surface area contributed by atoms with Gasteiger partial charge in [-0.05, 0) is 64.7 Å². The van der Waals surface area contributed by atoms with E-state index >= 15 is 0 Å². The van der Waals surface area contributed by atoms with Crippen LogP contribution in [0.25, 0.3) is 10.9 Å². The largest absolute Gasteiger partial charge is 0.481 e. The summed E-state index contributed by atoms with van der Waals surface area (Å²) in [6.45, 7) is -0.422. The summed E-state index contributed by atoms with van der Waals surface area (Å²) in [6, 6.07) is 12.5. The number of aromatic nitrogens is 2. The van der Waals surface area contributed by atoms with Gasteiger partial charge in [0.2, 0.25) is 0 Å². The fourth-order valence-corrected chi connectivity index (χ4v) is 4.37. The first-order valence-electron chi connectivity index (χ1n) is 10.2. The summed E-state index contributed by atoms with van der Waals surface area (Å²) in [5.41, 5.74) is 1.26. The summed E-state index contributed by atoms with van der Waals surface area (Å²) in [6.07, 6.45) is 7.07. The average Bonchev–Trinajstić information content (AvgIpc) is 2.78. The van der Waals surface area contributed by atoms with E-state index in [4.69, 9.17) is 14.8 Å². The Bertz CT molecular complexity index is 1200. The maximum atomic E-state index is 13.2. The van der Waals surface area contributed by atoms with Crippen LogP contribution in [0.2, 0.25) is 0 Å². The van der Waals surface area contributed by atoms with Gasteiger partial charge in [-0.25, -0.2) is 9.78 Å². The quantitative estimate of drug-likeness (QED) is 0.518. The summed E-state index contributed by atoms with van der Waals surface area (Å²) in [7, 11) is 0. The zero-order valence-electron chi connectivity index (χ0n) is 16.8. The first kappa shape index (κ1) is 21.2. The molecule has 31 heavy (non-hydrogen) atoms. The Labute approximate surface area is 187 Å². The van der Waals surface area contributed by atoms with Crippen molar-refractivity contribution in [3.63, 3.8) is 0 Å². The van der Waals surface area contributed by atoms with Gasteiger partial charge in [0.25, 0.3) is 5.56 Å². The number of carboxylic acids is 1. The molecule has 1 saturated carbocycles. The number of carbonyl (C=O) groups is 1. The fraction of sp³-hybridized carbons (Fsp3) is 0.304. The van der Waals surface area contributed by atoms with Crippen LogP contribution in [0.3, 0.4) is 0 Å². The maximum absolute atomic E-state index is 13.2. The molecule has 1 aliphatic carbocycles. The molecule has 1 N–H and O–H groups in total. The van der Waals surface area contributed by atoms with Crippen LogP contribution in [-0.4, -0.2) is 33.6 Å². The Morgan fingerprint density at radius 2 is 2.00 bits per heavy atom. The standard InChI is InChI=1S/C23H22BrN3O4/c24-18-12-15(10-11-20(18)31-14-21(28)29)13-25-27-22(16-6-2-1-3-7-16)26-19-9-5-4-8-17(19)23(27)30/h4-5,8-13,16H,1-3,6-7,14H2,(H,28,29). The second kappa shape index (κ2) is 9.43. The average molecular weight is 484 g/mol. The highest BCUT2D eigenvalue weighted by Gasteiger charge is 2.22. The number of para-hydroxylation sites is 1. The molecule has 0 saturated heterocycles. The smallest absolute Gasteiger partial charge is 0.341 e. The fourth-order valence-electron chi connectivity index (χ4n) is 3.86. The third-order valence-electron chi connectivity index (χ3n) is 5.38. The van der Waals surface area contributed by atoms with Crippen LogP contribution >= 0.6 is 15.9 Å². The van der Waals surface area contributed by atoms with E-state index in [1.165, 1.54) is 11.1 Å². The van der Waals surface area contributed by atoms with Crippen LogP contribution in [0.1, 0.15) is 49.4 Å². The second-order valence-electron chi connectivity index (χ2n) is 7.56. The van der Waals surface area contributed by atoms with Gasteiger partial charge in [0, 0.05) is 5.92 Å². The molecule has 8 heteroatoms. The van der Waals surface area contributed by atoms with Gasteiger partial charge in [0.05, 0.1) is 21.6 Å². The van der Waals surface area contributed by atoms with E-state index in [1.54, 1.807) is 30.5 Å². The molecule has 0 bridgehead atoms. The van der Waals surface area contributed by atoms with Crippen molar-refractivity contribution in [3.05, 3.63) is 68.7 Å². The summed E-state index contributed by atoms with van der Waals surface area (Å²) in [5.74, 6) is 0.296. The molecule has 0 atom stereocenters. The summed E-state index contributed by atoms with van der Waals surface area (Å²) in [4.78, 5) is 28.7. The van der Waals surface area contributed by atoms with Gasteiger partial charge >= 0.3 is 5.97 Å². The highest BCUT2D eigenvalue weighted by atomic mass is 79.9. The summed E-state index contributed by atoms with van der Waals surface area (Å²) < 4.78 is 7.26. The van der Waals surface area contributed by atoms with Crippen molar-refractivity contribution in [2.75, 3.05) is 6.61 Å². The highest BCUT2D eigenvalue weighted by molar-refractivity contribution is 9.10. The van der Waals surface area contributed by atoms with E-state index in [0.29, 0.717) is 26.9 Å². The van der Waals surface area contributed by atoms with E-state index in [2.05, 4.69) is 21.0 Å². The summed E-state index contributed by atoms with van der Waals surface area (Å²) >= 11 is 3.39. The molecule has 2 aromatic carbocycles. The molecule has 0 aliphatic heterocycles. The van der Waals surface area contributed by atoms with Crippen LogP contribution in [-0.2, 0) is 4.79 Å². The number of benzene rings is 2. The first-order chi connectivity index (χ1) is 15.0. The number of ether oxygens (including phenoxy) is 1. The maximum Gasteiger partial charge on any atom is 0.341 e. The number of nitrogens with zero attached hydrogens (tertiary/aromatic N) is 3. The molecule has 3 aromatic rings. The molecule has 0 radical (unpaired) electrons. The van der Waals surface area contributed by atoms with E-state index in [9.17, 15) is 9.59 Å². The summed E-state index contributed by atoms with van der Waals surface area (Å²) in [5, 5.41) is 13.8. The number of hydrogen-bond acceptors (Lipinski definition) is 5. The number of carboxylic acid groups (broad SMARTS) is 1. The second-order valence-corrected chi connectivity index (χ2v) is 8.41. The molecule has 1 fully saturated rings. The number of halogens is 1. The van der Waals surface area contributed by atoms with Gasteiger partial charge < -0.3 is 9.84 Å². The van der Waals surface area contributed by atoms with E-state index in [1.807, 2.05) is 18.2 Å². The minimum Gasteiger partial charge on any atom is -0.481 e. The Morgan fingerprint density at radius 1 is 1.23 bits per heavy atom. The number of aliphatic carboxylic acids is 1. The van der Waals surface area contributed by atoms with E-state index in [-0.39, 0.29) is 11.5 Å². The minimum absolute atomic E-state index is 0.178. The van der Waals surface area contributed by atoms with Crippen LogP contribution in [0.4, 0.5) is 0 Å². The monoisotopic (exact) mass is 483 g/mol. The molecular formula is C23H22BrN3O4. The lowest BCUT2D eigenvalue weighted by molar-refractivity contribution is -0.139. The predicted molar refractivity (Wildman–Crippen MR) is 122 cm³/mol. The molecule has 1 aliphatic rings. The van der Waals surface area contributed by atoms with Gasteiger partial charge in [-0.1, -0.05) is 31.4 Å². The zero-order chi connectivity index (χ0) is 21.8. The number of hydrogen-bond donors (Lipinski definition) is 1. The van der Waals surface area contributed by atoms with Crippen molar-refractivity contribution in [2.45, 2.75) is 38.0 Å². The van der Waals surface area contributed by atoms with Gasteiger partial charge in [0.15, 0.2) is 6.61 Å². The van der Waals surface area contributed by atoms with E-state index < -0.39 is 12.6 Å². The lowest BCUT2D eigenvalue weighted by Gasteiger charge is -2.22. The molecule has 0 amide bonds.